The third-order valence-corrected chi connectivity index (χ3v) is 2.62. The molecule has 0 bridgehead atoms. The molecule has 0 aliphatic heterocycles. The first-order valence-electron chi connectivity index (χ1n) is 5.44. The van der Waals surface area contributed by atoms with E-state index in [1.807, 2.05) is 0 Å². The molecule has 0 spiro atoms. The highest BCUT2D eigenvalue weighted by atomic mass is 16.5. The van der Waals surface area contributed by atoms with Gasteiger partial charge >= 0.3 is 5.97 Å². The number of rotatable bonds is 5. The van der Waals surface area contributed by atoms with Crippen molar-refractivity contribution < 1.29 is 19.4 Å². The van der Waals surface area contributed by atoms with Gasteiger partial charge in [0.25, 0.3) is 0 Å². The molecule has 1 aliphatic rings. The molecule has 1 amide bonds. The smallest absolute Gasteiger partial charge is 0.329 e. The van der Waals surface area contributed by atoms with E-state index < -0.39 is 12.6 Å². The summed E-state index contributed by atoms with van der Waals surface area (Å²) >= 11 is 0. The van der Waals surface area contributed by atoms with Crippen LogP contribution >= 0.6 is 0 Å². The summed E-state index contributed by atoms with van der Waals surface area (Å²) in [5, 5.41) is 11.1. The molecular formula is C10H18N2O4. The molecule has 0 radical (unpaired) electrons. The van der Waals surface area contributed by atoms with Crippen LogP contribution in [-0.4, -0.2) is 42.3 Å². The van der Waals surface area contributed by atoms with Crippen molar-refractivity contribution in [2.24, 2.45) is 5.73 Å². The molecule has 0 heterocycles. The first kappa shape index (κ1) is 12.9. The molecule has 1 rings (SSSR count). The number of aliphatic carboxylic acids is 1. The maximum absolute atomic E-state index is 11.4. The molecule has 0 aromatic rings. The summed E-state index contributed by atoms with van der Waals surface area (Å²) in [5.74, 6) is -1.38. The SMILES string of the molecule is NC1CCCCC1NC(=O)COCC(=O)O. The van der Waals surface area contributed by atoms with Gasteiger partial charge in [0.15, 0.2) is 0 Å². The molecule has 16 heavy (non-hydrogen) atoms. The van der Waals surface area contributed by atoms with Crippen LogP contribution in [0.25, 0.3) is 0 Å². The van der Waals surface area contributed by atoms with Gasteiger partial charge in [-0.25, -0.2) is 4.79 Å². The second kappa shape index (κ2) is 6.44. The first-order chi connectivity index (χ1) is 7.59. The van der Waals surface area contributed by atoms with Gasteiger partial charge in [-0.2, -0.15) is 0 Å². The molecule has 4 N–H and O–H groups in total. The molecule has 1 fully saturated rings. The highest BCUT2D eigenvalue weighted by Crippen LogP contribution is 2.16. The van der Waals surface area contributed by atoms with Gasteiger partial charge in [0.05, 0.1) is 0 Å². The summed E-state index contributed by atoms with van der Waals surface area (Å²) < 4.78 is 4.68. The summed E-state index contributed by atoms with van der Waals surface area (Å²) in [6, 6.07) is -0.00754. The number of nitrogens with one attached hydrogen (secondary N) is 1. The third-order valence-electron chi connectivity index (χ3n) is 2.62. The fourth-order valence-electron chi connectivity index (χ4n) is 1.82. The van der Waals surface area contributed by atoms with Gasteiger partial charge in [0, 0.05) is 12.1 Å². The highest BCUT2D eigenvalue weighted by molar-refractivity contribution is 5.78. The fraction of sp³-hybridized carbons (Fsp3) is 0.800. The van der Waals surface area contributed by atoms with Gasteiger partial charge in [0.1, 0.15) is 13.2 Å². The van der Waals surface area contributed by atoms with E-state index in [-0.39, 0.29) is 24.6 Å². The summed E-state index contributed by atoms with van der Waals surface area (Å²) in [5.41, 5.74) is 5.85. The van der Waals surface area contributed by atoms with Gasteiger partial charge < -0.3 is 20.9 Å². The van der Waals surface area contributed by atoms with Crippen LogP contribution in [0.2, 0.25) is 0 Å². The Labute approximate surface area is 94.1 Å². The summed E-state index contributed by atoms with van der Waals surface area (Å²) in [6.07, 6.45) is 3.96. The first-order valence-corrected chi connectivity index (χ1v) is 5.44. The van der Waals surface area contributed by atoms with E-state index in [0.717, 1.165) is 25.7 Å². The molecule has 0 saturated heterocycles. The second-order valence-corrected chi connectivity index (χ2v) is 4.01. The van der Waals surface area contributed by atoms with Crippen molar-refractivity contribution in [1.29, 1.82) is 0 Å². The number of hydrogen-bond donors (Lipinski definition) is 3. The molecule has 0 aromatic heterocycles. The number of carboxylic acids is 1. The number of carboxylic acid groups (broad SMARTS) is 1. The molecule has 2 unspecified atom stereocenters. The topological polar surface area (TPSA) is 102 Å². The number of ether oxygens (including phenoxy) is 1. The lowest BCUT2D eigenvalue weighted by Gasteiger charge is -2.29. The minimum atomic E-state index is -1.08. The normalized spacial score (nSPS) is 25.1. The molecule has 6 nitrogen and oxygen atoms in total. The van der Waals surface area contributed by atoms with E-state index in [4.69, 9.17) is 10.8 Å². The molecule has 92 valence electrons. The summed E-state index contributed by atoms with van der Waals surface area (Å²) in [6.45, 7) is -0.681. The number of nitrogens with two attached hydrogens (primary N) is 1. The van der Waals surface area contributed by atoms with E-state index in [9.17, 15) is 9.59 Å². The van der Waals surface area contributed by atoms with E-state index in [1.54, 1.807) is 0 Å². The van der Waals surface area contributed by atoms with Crippen LogP contribution in [-0.2, 0) is 14.3 Å². The second-order valence-electron chi connectivity index (χ2n) is 4.01. The predicted molar refractivity (Wildman–Crippen MR) is 56.8 cm³/mol. The van der Waals surface area contributed by atoms with Gasteiger partial charge in [-0.1, -0.05) is 12.8 Å². The number of carbonyl (C=O) groups is 2. The average Bonchev–Trinajstić information content (AvgIpc) is 2.21. The minimum absolute atomic E-state index is 0.00262. The Morgan fingerprint density at radius 2 is 2.00 bits per heavy atom. The Bertz CT molecular complexity index is 257. The van der Waals surface area contributed by atoms with Crippen molar-refractivity contribution in [3.05, 3.63) is 0 Å². The maximum atomic E-state index is 11.4. The van der Waals surface area contributed by atoms with Crippen LogP contribution < -0.4 is 11.1 Å². The Morgan fingerprint density at radius 3 is 2.62 bits per heavy atom. The zero-order valence-corrected chi connectivity index (χ0v) is 9.15. The fourth-order valence-corrected chi connectivity index (χ4v) is 1.82. The van der Waals surface area contributed by atoms with Crippen molar-refractivity contribution in [3.8, 4) is 0 Å². The Morgan fingerprint density at radius 1 is 1.31 bits per heavy atom. The standard InChI is InChI=1S/C10H18N2O4/c11-7-3-1-2-4-8(7)12-9(13)5-16-6-10(14)15/h7-8H,1-6,11H2,(H,12,13)(H,14,15). The van der Waals surface area contributed by atoms with Gasteiger partial charge in [0.2, 0.25) is 5.91 Å². The summed E-state index contributed by atoms with van der Waals surface area (Å²) in [7, 11) is 0. The van der Waals surface area contributed by atoms with Gasteiger partial charge in [-0.15, -0.1) is 0 Å². The largest absolute Gasteiger partial charge is 0.480 e. The molecule has 6 heteroatoms. The zero-order valence-electron chi connectivity index (χ0n) is 9.15. The Kier molecular flexibility index (Phi) is 5.21. The molecular weight excluding hydrogens is 212 g/mol. The van der Waals surface area contributed by atoms with Crippen molar-refractivity contribution in [2.75, 3.05) is 13.2 Å². The molecule has 1 aliphatic carbocycles. The number of carbonyl (C=O) groups excluding carboxylic acids is 1. The quantitative estimate of drug-likeness (QED) is 0.589. The van der Waals surface area contributed by atoms with Crippen molar-refractivity contribution in [3.63, 3.8) is 0 Å². The van der Waals surface area contributed by atoms with Crippen LogP contribution in [0.3, 0.4) is 0 Å². The van der Waals surface area contributed by atoms with Crippen LogP contribution in [0.1, 0.15) is 25.7 Å². The lowest BCUT2D eigenvalue weighted by atomic mass is 9.91. The van der Waals surface area contributed by atoms with Gasteiger partial charge in [-0.05, 0) is 12.8 Å². The molecule has 2 atom stereocenters. The minimum Gasteiger partial charge on any atom is -0.480 e. The lowest BCUT2D eigenvalue weighted by Crippen LogP contribution is -2.50. The van der Waals surface area contributed by atoms with E-state index >= 15 is 0 Å². The Balaban J connectivity index is 2.19. The Hall–Kier alpha value is -1.14. The average molecular weight is 230 g/mol. The van der Waals surface area contributed by atoms with E-state index in [0.29, 0.717) is 0 Å². The van der Waals surface area contributed by atoms with Crippen molar-refractivity contribution >= 4 is 11.9 Å². The van der Waals surface area contributed by atoms with E-state index in [1.165, 1.54) is 0 Å². The zero-order chi connectivity index (χ0) is 12.0. The molecule has 1 saturated carbocycles. The van der Waals surface area contributed by atoms with Crippen LogP contribution in [0, 0.1) is 0 Å². The number of hydrogen-bond acceptors (Lipinski definition) is 4. The maximum Gasteiger partial charge on any atom is 0.329 e. The van der Waals surface area contributed by atoms with Crippen molar-refractivity contribution in [1.82, 2.24) is 5.32 Å². The van der Waals surface area contributed by atoms with Crippen LogP contribution in [0.5, 0.6) is 0 Å². The van der Waals surface area contributed by atoms with Crippen LogP contribution in [0.15, 0.2) is 0 Å². The summed E-state index contributed by atoms with van der Waals surface area (Å²) in [4.78, 5) is 21.5. The number of amides is 1. The van der Waals surface area contributed by atoms with Crippen LogP contribution in [0.4, 0.5) is 0 Å². The van der Waals surface area contributed by atoms with Gasteiger partial charge in [-0.3, -0.25) is 4.79 Å². The monoisotopic (exact) mass is 230 g/mol. The predicted octanol–water partition coefficient (Wildman–Crippen LogP) is -0.526. The molecule has 0 aromatic carbocycles. The van der Waals surface area contributed by atoms with Crippen molar-refractivity contribution in [2.45, 2.75) is 37.8 Å². The third kappa shape index (κ3) is 4.59. The van der Waals surface area contributed by atoms with E-state index in [2.05, 4.69) is 10.1 Å². The lowest BCUT2D eigenvalue weighted by molar-refractivity contribution is -0.143. The highest BCUT2D eigenvalue weighted by Gasteiger charge is 2.23.